The molecule has 24 heavy (non-hydrogen) atoms. The third-order valence-corrected chi connectivity index (χ3v) is 4.37. The van der Waals surface area contributed by atoms with Crippen LogP contribution < -0.4 is 15.0 Å². The molecule has 0 spiro atoms. The first-order valence-electron chi connectivity index (χ1n) is 7.90. The first-order chi connectivity index (χ1) is 11.5. The highest BCUT2D eigenvalue weighted by Gasteiger charge is 2.33. The van der Waals surface area contributed by atoms with Crippen molar-refractivity contribution in [2.75, 3.05) is 16.8 Å². The molecule has 2 amide bonds. The third-order valence-electron chi connectivity index (χ3n) is 4.37. The quantitative estimate of drug-likeness (QED) is 0.944. The van der Waals surface area contributed by atoms with Gasteiger partial charge in [0.25, 0.3) is 5.91 Å². The van der Waals surface area contributed by atoms with Gasteiger partial charge in [0.2, 0.25) is 5.91 Å². The Morgan fingerprint density at radius 3 is 2.71 bits per heavy atom. The highest BCUT2D eigenvalue weighted by atomic mass is 16.5. The second-order valence-electron chi connectivity index (χ2n) is 5.93. The molecule has 124 valence electrons. The van der Waals surface area contributed by atoms with Gasteiger partial charge in [-0.05, 0) is 50.1 Å². The predicted molar refractivity (Wildman–Crippen MR) is 93.4 cm³/mol. The number of aryl methyl sites for hydroxylation is 1. The van der Waals surface area contributed by atoms with E-state index in [4.69, 9.17) is 4.74 Å². The molecule has 0 saturated heterocycles. The lowest BCUT2D eigenvalue weighted by Crippen LogP contribution is -2.49. The number of nitrogens with one attached hydrogen (secondary N) is 1. The smallest absolute Gasteiger partial charge is 0.265 e. The summed E-state index contributed by atoms with van der Waals surface area (Å²) in [5.41, 5.74) is 3.51. The predicted octanol–water partition coefficient (Wildman–Crippen LogP) is 3.06. The van der Waals surface area contributed by atoms with Crippen molar-refractivity contribution in [3.63, 3.8) is 0 Å². The van der Waals surface area contributed by atoms with E-state index in [-0.39, 0.29) is 18.4 Å². The van der Waals surface area contributed by atoms with E-state index in [1.165, 1.54) is 4.90 Å². The van der Waals surface area contributed by atoms with E-state index in [0.29, 0.717) is 11.4 Å². The second-order valence-corrected chi connectivity index (χ2v) is 5.93. The molecule has 5 nitrogen and oxygen atoms in total. The van der Waals surface area contributed by atoms with Crippen LogP contribution in [0.25, 0.3) is 0 Å². The summed E-state index contributed by atoms with van der Waals surface area (Å²) in [6, 6.07) is 12.4. The number of ether oxygens (including phenoxy) is 1. The highest BCUT2D eigenvalue weighted by Crippen LogP contribution is 2.33. The average Bonchev–Trinajstić information content (AvgIpc) is 2.58. The van der Waals surface area contributed by atoms with Gasteiger partial charge >= 0.3 is 0 Å². The van der Waals surface area contributed by atoms with Crippen LogP contribution in [0.2, 0.25) is 0 Å². The average molecular weight is 324 g/mol. The fraction of sp³-hybridized carbons (Fsp3) is 0.263. The summed E-state index contributed by atoms with van der Waals surface area (Å²) in [6.07, 6.45) is 0. The van der Waals surface area contributed by atoms with Crippen molar-refractivity contribution in [3.8, 4) is 5.75 Å². The molecule has 2 aromatic rings. The Labute approximate surface area is 141 Å². The van der Waals surface area contributed by atoms with Gasteiger partial charge in [-0.2, -0.15) is 0 Å². The second kappa shape index (κ2) is 6.35. The van der Waals surface area contributed by atoms with E-state index in [1.54, 1.807) is 19.1 Å². The molecule has 0 aromatic heterocycles. The Bertz CT molecular complexity index is 801. The van der Waals surface area contributed by atoms with Crippen molar-refractivity contribution in [3.05, 3.63) is 53.6 Å². The van der Waals surface area contributed by atoms with Crippen molar-refractivity contribution < 1.29 is 14.3 Å². The minimum Gasteiger partial charge on any atom is -0.482 e. The molecule has 2 aromatic carbocycles. The summed E-state index contributed by atoms with van der Waals surface area (Å²) in [6.45, 7) is 5.62. The number of nitrogens with zero attached hydrogens (tertiary/aromatic N) is 1. The first-order valence-corrected chi connectivity index (χ1v) is 7.90. The molecule has 1 unspecified atom stereocenters. The maximum Gasteiger partial charge on any atom is 0.265 e. The third kappa shape index (κ3) is 2.85. The van der Waals surface area contributed by atoms with Gasteiger partial charge in [-0.3, -0.25) is 14.5 Å². The van der Waals surface area contributed by atoms with E-state index in [0.717, 1.165) is 16.8 Å². The minimum absolute atomic E-state index is 0.0574. The van der Waals surface area contributed by atoms with Crippen LogP contribution in [0.3, 0.4) is 0 Å². The summed E-state index contributed by atoms with van der Waals surface area (Å²) >= 11 is 0. The lowest BCUT2D eigenvalue weighted by molar-refractivity contribution is -0.125. The van der Waals surface area contributed by atoms with Gasteiger partial charge in [-0.25, -0.2) is 0 Å². The number of carbonyl (C=O) groups excluding carboxylic acids is 2. The lowest BCUT2D eigenvalue weighted by atomic mass is 10.1. The van der Waals surface area contributed by atoms with E-state index in [2.05, 4.69) is 5.32 Å². The summed E-state index contributed by atoms with van der Waals surface area (Å²) in [5.74, 6) is 0.162. The first kappa shape index (κ1) is 16.1. The Kier molecular flexibility index (Phi) is 4.25. The molecule has 3 rings (SSSR count). The molecule has 1 aliphatic heterocycles. The molecule has 0 bridgehead atoms. The van der Waals surface area contributed by atoms with Crippen LogP contribution in [-0.2, 0) is 9.59 Å². The number of rotatable bonds is 3. The zero-order chi connectivity index (χ0) is 17.3. The van der Waals surface area contributed by atoms with E-state index < -0.39 is 6.04 Å². The van der Waals surface area contributed by atoms with Crippen molar-refractivity contribution in [2.45, 2.75) is 26.8 Å². The normalized spacial score (nSPS) is 14.6. The molecular weight excluding hydrogens is 304 g/mol. The van der Waals surface area contributed by atoms with Crippen molar-refractivity contribution in [1.82, 2.24) is 0 Å². The molecule has 1 N–H and O–H groups in total. The number of hydrogen-bond acceptors (Lipinski definition) is 3. The molecule has 0 saturated carbocycles. The fourth-order valence-corrected chi connectivity index (χ4v) is 2.79. The van der Waals surface area contributed by atoms with E-state index in [9.17, 15) is 9.59 Å². The molecule has 1 atom stereocenters. The Balaban J connectivity index is 1.86. The Morgan fingerprint density at radius 1 is 1.17 bits per heavy atom. The maximum atomic E-state index is 12.7. The van der Waals surface area contributed by atoms with Crippen LogP contribution in [0, 0.1) is 13.8 Å². The summed E-state index contributed by atoms with van der Waals surface area (Å²) in [7, 11) is 0. The highest BCUT2D eigenvalue weighted by molar-refractivity contribution is 6.07. The summed E-state index contributed by atoms with van der Waals surface area (Å²) in [5, 5.41) is 2.93. The van der Waals surface area contributed by atoms with Crippen molar-refractivity contribution >= 4 is 23.2 Å². The standard InChI is InChI=1S/C19H20N2O3/c1-12-7-6-8-15(13(12)2)20-19(23)14(3)21-16-9-4-5-10-17(16)24-11-18(21)22/h4-10,14H,11H2,1-3H3,(H,20,23). The molecule has 0 radical (unpaired) electrons. The van der Waals surface area contributed by atoms with Crippen molar-refractivity contribution in [1.29, 1.82) is 0 Å². The van der Waals surface area contributed by atoms with Crippen LogP contribution >= 0.6 is 0 Å². The van der Waals surface area contributed by atoms with Gasteiger partial charge in [-0.15, -0.1) is 0 Å². The number of fused-ring (bicyclic) bond motifs is 1. The van der Waals surface area contributed by atoms with Crippen molar-refractivity contribution in [2.24, 2.45) is 0 Å². The lowest BCUT2D eigenvalue weighted by Gasteiger charge is -2.33. The monoisotopic (exact) mass is 324 g/mol. The number of para-hydroxylation sites is 2. The van der Waals surface area contributed by atoms with Crippen LogP contribution in [0.15, 0.2) is 42.5 Å². The zero-order valence-electron chi connectivity index (χ0n) is 14.0. The number of amides is 2. The van der Waals surface area contributed by atoms with Gasteiger partial charge in [-0.1, -0.05) is 24.3 Å². The van der Waals surface area contributed by atoms with Gasteiger partial charge in [0.15, 0.2) is 6.61 Å². The molecule has 1 aliphatic rings. The topological polar surface area (TPSA) is 58.6 Å². The molecule has 0 aliphatic carbocycles. The van der Waals surface area contributed by atoms with Crippen LogP contribution in [0.5, 0.6) is 5.75 Å². The minimum atomic E-state index is -0.637. The molecule has 5 heteroatoms. The van der Waals surface area contributed by atoms with Crippen LogP contribution in [0.4, 0.5) is 11.4 Å². The van der Waals surface area contributed by atoms with Gasteiger partial charge in [0.05, 0.1) is 5.69 Å². The van der Waals surface area contributed by atoms with E-state index in [1.807, 2.05) is 44.2 Å². The zero-order valence-corrected chi connectivity index (χ0v) is 14.0. The molecule has 0 fully saturated rings. The number of benzene rings is 2. The Hall–Kier alpha value is -2.82. The van der Waals surface area contributed by atoms with Gasteiger partial charge < -0.3 is 10.1 Å². The SMILES string of the molecule is Cc1cccc(NC(=O)C(C)N2C(=O)COc3ccccc32)c1C. The molecular formula is C19H20N2O3. The maximum absolute atomic E-state index is 12.7. The largest absolute Gasteiger partial charge is 0.482 e. The van der Waals surface area contributed by atoms with Gasteiger partial charge in [0.1, 0.15) is 11.8 Å². The summed E-state index contributed by atoms with van der Waals surface area (Å²) in [4.78, 5) is 26.5. The summed E-state index contributed by atoms with van der Waals surface area (Å²) < 4.78 is 5.43. The number of hydrogen-bond donors (Lipinski definition) is 1. The number of anilines is 2. The fourth-order valence-electron chi connectivity index (χ4n) is 2.79. The van der Waals surface area contributed by atoms with Crippen LogP contribution in [-0.4, -0.2) is 24.5 Å². The van der Waals surface area contributed by atoms with Crippen LogP contribution in [0.1, 0.15) is 18.1 Å². The molecule has 1 heterocycles. The number of carbonyl (C=O) groups is 2. The Morgan fingerprint density at radius 2 is 1.92 bits per heavy atom. The van der Waals surface area contributed by atoms with Gasteiger partial charge in [0, 0.05) is 5.69 Å². The van der Waals surface area contributed by atoms with E-state index >= 15 is 0 Å².